The minimum atomic E-state index is -0.462. The van der Waals surface area contributed by atoms with Crippen LogP contribution in [0.15, 0.2) is 18.3 Å². The van der Waals surface area contributed by atoms with Crippen molar-refractivity contribution in [2.24, 2.45) is 5.41 Å². The molecule has 5 heteroatoms. The molecule has 0 amide bonds. The molecular weight excluding hydrogens is 230 g/mol. The Labute approximate surface area is 107 Å². The predicted molar refractivity (Wildman–Crippen MR) is 70.7 cm³/mol. The van der Waals surface area contributed by atoms with Gasteiger partial charge in [-0.2, -0.15) is 0 Å². The monoisotopic (exact) mass is 249 g/mol. The van der Waals surface area contributed by atoms with E-state index < -0.39 is 4.92 Å². The van der Waals surface area contributed by atoms with Gasteiger partial charge in [0, 0.05) is 19.2 Å². The molecule has 0 N–H and O–H groups in total. The maximum absolute atomic E-state index is 10.5. The zero-order valence-corrected chi connectivity index (χ0v) is 10.9. The SMILES string of the molecule is CC.O=[N+]([O-])c1ccc(N2CCC3(CC3)C2)cn1. The maximum atomic E-state index is 10.5. The fourth-order valence-electron chi connectivity index (χ4n) is 2.41. The number of nitro groups is 1. The van der Waals surface area contributed by atoms with Gasteiger partial charge < -0.3 is 15.0 Å². The molecule has 2 heterocycles. The van der Waals surface area contributed by atoms with Crippen LogP contribution in [0, 0.1) is 15.5 Å². The van der Waals surface area contributed by atoms with Crippen molar-refractivity contribution in [2.45, 2.75) is 33.1 Å². The summed E-state index contributed by atoms with van der Waals surface area (Å²) in [5.74, 6) is -0.0796. The lowest BCUT2D eigenvalue weighted by molar-refractivity contribution is -0.389. The van der Waals surface area contributed by atoms with E-state index in [9.17, 15) is 10.1 Å². The highest BCUT2D eigenvalue weighted by Gasteiger charge is 2.47. The van der Waals surface area contributed by atoms with Crippen LogP contribution in [0.1, 0.15) is 33.1 Å². The average Bonchev–Trinajstić information content (AvgIpc) is 3.02. The predicted octanol–water partition coefficient (Wildman–Crippen LogP) is 3.01. The molecule has 1 aromatic rings. The highest BCUT2D eigenvalue weighted by atomic mass is 16.6. The molecule has 1 aromatic heterocycles. The van der Waals surface area contributed by atoms with Crippen LogP contribution in [0.4, 0.5) is 11.5 Å². The number of aromatic nitrogens is 1. The van der Waals surface area contributed by atoms with Gasteiger partial charge in [-0.25, -0.2) is 0 Å². The second-order valence-corrected chi connectivity index (χ2v) is 4.80. The van der Waals surface area contributed by atoms with Crippen molar-refractivity contribution in [2.75, 3.05) is 18.0 Å². The number of anilines is 1. The molecule has 18 heavy (non-hydrogen) atoms. The Morgan fingerprint density at radius 3 is 2.50 bits per heavy atom. The zero-order valence-electron chi connectivity index (χ0n) is 10.9. The number of rotatable bonds is 2. The molecule has 3 rings (SSSR count). The summed E-state index contributed by atoms with van der Waals surface area (Å²) >= 11 is 0. The Kier molecular flexibility index (Phi) is 3.50. The first-order valence-corrected chi connectivity index (χ1v) is 6.54. The molecule has 0 atom stereocenters. The van der Waals surface area contributed by atoms with Crippen molar-refractivity contribution in [3.8, 4) is 0 Å². The summed E-state index contributed by atoms with van der Waals surface area (Å²) < 4.78 is 0. The summed E-state index contributed by atoms with van der Waals surface area (Å²) in [5.41, 5.74) is 1.58. The van der Waals surface area contributed by atoms with Gasteiger partial charge in [0.2, 0.25) is 0 Å². The van der Waals surface area contributed by atoms with Crippen LogP contribution in [-0.2, 0) is 0 Å². The molecule has 1 aliphatic heterocycles. The molecule has 1 aliphatic carbocycles. The minimum absolute atomic E-state index is 0.0796. The lowest BCUT2D eigenvalue weighted by Gasteiger charge is -2.16. The lowest BCUT2D eigenvalue weighted by atomic mass is 10.1. The molecule has 0 bridgehead atoms. The van der Waals surface area contributed by atoms with Gasteiger partial charge in [0.1, 0.15) is 0 Å². The number of hydrogen-bond donors (Lipinski definition) is 0. The van der Waals surface area contributed by atoms with Crippen molar-refractivity contribution < 1.29 is 4.92 Å². The molecule has 2 aliphatic rings. The van der Waals surface area contributed by atoms with E-state index in [-0.39, 0.29) is 5.82 Å². The molecule has 0 unspecified atom stereocenters. The van der Waals surface area contributed by atoms with Gasteiger partial charge in [0.15, 0.2) is 6.20 Å². The first-order chi connectivity index (χ1) is 8.69. The second-order valence-electron chi connectivity index (χ2n) is 4.80. The van der Waals surface area contributed by atoms with Crippen molar-refractivity contribution in [1.29, 1.82) is 0 Å². The van der Waals surface area contributed by atoms with Crippen molar-refractivity contribution >= 4 is 11.5 Å². The van der Waals surface area contributed by atoms with Gasteiger partial charge in [-0.3, -0.25) is 0 Å². The highest BCUT2D eigenvalue weighted by molar-refractivity contribution is 5.48. The number of nitrogens with zero attached hydrogens (tertiary/aromatic N) is 3. The third-order valence-electron chi connectivity index (χ3n) is 3.68. The van der Waals surface area contributed by atoms with Crippen molar-refractivity contribution in [3.05, 3.63) is 28.4 Å². The summed E-state index contributed by atoms with van der Waals surface area (Å²) in [6, 6.07) is 3.28. The van der Waals surface area contributed by atoms with Gasteiger partial charge in [-0.15, -0.1) is 0 Å². The van der Waals surface area contributed by atoms with Crippen LogP contribution in [0.2, 0.25) is 0 Å². The van der Waals surface area contributed by atoms with Gasteiger partial charge >= 0.3 is 5.82 Å². The third-order valence-corrected chi connectivity index (χ3v) is 3.68. The molecule has 0 aromatic carbocycles. The van der Waals surface area contributed by atoms with Crippen LogP contribution in [0.3, 0.4) is 0 Å². The maximum Gasteiger partial charge on any atom is 0.363 e. The van der Waals surface area contributed by atoms with E-state index in [1.807, 2.05) is 13.8 Å². The van der Waals surface area contributed by atoms with Gasteiger partial charge in [0.25, 0.3) is 0 Å². The van der Waals surface area contributed by atoms with E-state index in [4.69, 9.17) is 0 Å². The first-order valence-electron chi connectivity index (χ1n) is 6.54. The Morgan fingerprint density at radius 2 is 2.06 bits per heavy atom. The zero-order chi connectivity index (χ0) is 13.2. The Hall–Kier alpha value is -1.65. The number of hydrogen-bond acceptors (Lipinski definition) is 4. The Morgan fingerprint density at radius 1 is 1.33 bits per heavy atom. The summed E-state index contributed by atoms with van der Waals surface area (Å²) in [4.78, 5) is 16.1. The van der Waals surface area contributed by atoms with Crippen LogP contribution in [-0.4, -0.2) is 23.0 Å². The van der Waals surface area contributed by atoms with Gasteiger partial charge in [-0.05, 0) is 40.7 Å². The van der Waals surface area contributed by atoms with Gasteiger partial charge in [0.05, 0.1) is 5.69 Å². The minimum Gasteiger partial charge on any atom is -0.368 e. The smallest absolute Gasteiger partial charge is 0.363 e. The molecule has 1 spiro atoms. The standard InChI is InChI=1S/C11H13N3O2.C2H6/c15-14(16)10-2-1-9(7-12-10)13-6-5-11(8-13)3-4-11;1-2/h1-2,7H,3-6,8H2;1-2H3. The van der Waals surface area contributed by atoms with E-state index in [1.165, 1.54) is 25.3 Å². The van der Waals surface area contributed by atoms with E-state index in [0.717, 1.165) is 18.8 Å². The second kappa shape index (κ2) is 4.92. The summed E-state index contributed by atoms with van der Waals surface area (Å²) in [5, 5.41) is 10.5. The lowest BCUT2D eigenvalue weighted by Crippen LogP contribution is -2.20. The van der Waals surface area contributed by atoms with E-state index >= 15 is 0 Å². The quantitative estimate of drug-likeness (QED) is 0.597. The first kappa shape index (κ1) is 12.8. The Bertz CT molecular complexity index is 426. The number of pyridine rings is 1. The summed E-state index contributed by atoms with van der Waals surface area (Å²) in [6.07, 6.45) is 5.54. The molecule has 1 saturated heterocycles. The molecular formula is C13H19N3O2. The normalized spacial score (nSPS) is 19.3. The van der Waals surface area contributed by atoms with Crippen LogP contribution in [0.5, 0.6) is 0 Å². The van der Waals surface area contributed by atoms with E-state index in [2.05, 4.69) is 9.88 Å². The van der Waals surface area contributed by atoms with Gasteiger partial charge in [-0.1, -0.05) is 13.8 Å². The topological polar surface area (TPSA) is 59.3 Å². The molecule has 0 radical (unpaired) electrons. The fourth-order valence-corrected chi connectivity index (χ4v) is 2.41. The van der Waals surface area contributed by atoms with E-state index in [0.29, 0.717) is 5.41 Å². The third kappa shape index (κ3) is 2.44. The summed E-state index contributed by atoms with van der Waals surface area (Å²) in [7, 11) is 0. The van der Waals surface area contributed by atoms with Crippen LogP contribution in [0.25, 0.3) is 0 Å². The molecule has 2 fully saturated rings. The van der Waals surface area contributed by atoms with Crippen molar-refractivity contribution in [1.82, 2.24) is 4.98 Å². The summed E-state index contributed by atoms with van der Waals surface area (Å²) in [6.45, 7) is 6.14. The van der Waals surface area contributed by atoms with E-state index in [1.54, 1.807) is 12.3 Å². The Balaban J connectivity index is 0.000000574. The largest absolute Gasteiger partial charge is 0.368 e. The van der Waals surface area contributed by atoms with Crippen LogP contribution >= 0.6 is 0 Å². The fraction of sp³-hybridized carbons (Fsp3) is 0.615. The van der Waals surface area contributed by atoms with Crippen molar-refractivity contribution in [3.63, 3.8) is 0 Å². The molecule has 98 valence electrons. The molecule has 5 nitrogen and oxygen atoms in total. The highest BCUT2D eigenvalue weighted by Crippen LogP contribution is 2.53. The van der Waals surface area contributed by atoms with Crippen LogP contribution < -0.4 is 4.90 Å². The average molecular weight is 249 g/mol. The molecule has 1 saturated carbocycles.